The zero-order chi connectivity index (χ0) is 19.1. The molecule has 0 bridgehead atoms. The third-order valence-corrected chi connectivity index (χ3v) is 5.45. The van der Waals surface area contributed by atoms with Gasteiger partial charge in [-0.2, -0.15) is 0 Å². The van der Waals surface area contributed by atoms with Crippen molar-refractivity contribution in [3.63, 3.8) is 0 Å². The van der Waals surface area contributed by atoms with E-state index in [1.165, 1.54) is 27.8 Å². The fourth-order valence-corrected chi connectivity index (χ4v) is 3.72. The van der Waals surface area contributed by atoms with Crippen molar-refractivity contribution in [3.05, 3.63) is 35.8 Å². The van der Waals surface area contributed by atoms with Gasteiger partial charge < -0.3 is 14.6 Å². The third-order valence-electron chi connectivity index (χ3n) is 3.45. The molecule has 0 aliphatic heterocycles. The zero-order valence-corrected chi connectivity index (χ0v) is 16.5. The van der Waals surface area contributed by atoms with Crippen LogP contribution in [0.1, 0.15) is 0 Å². The second-order valence-electron chi connectivity index (χ2n) is 5.32. The van der Waals surface area contributed by atoms with Crippen molar-refractivity contribution in [3.8, 4) is 17.0 Å². The van der Waals surface area contributed by atoms with Crippen LogP contribution in [-0.4, -0.2) is 42.7 Å². The van der Waals surface area contributed by atoms with E-state index in [0.717, 1.165) is 21.3 Å². The summed E-state index contributed by atoms with van der Waals surface area (Å²) in [5, 5.41) is 17.7. The van der Waals surface area contributed by atoms with Gasteiger partial charge in [0.25, 0.3) is 6.20 Å². The first kappa shape index (κ1) is 19.3. The summed E-state index contributed by atoms with van der Waals surface area (Å²) in [7, 11) is 3.23. The Labute approximate surface area is 164 Å². The van der Waals surface area contributed by atoms with Crippen LogP contribution in [0.25, 0.3) is 11.3 Å². The number of thiazole rings is 1. The SMILES string of the molecule is COCC[n+]1cc(/N=C(/[O-])CSc2nc(-c3ccc(OC)cc3)cs2)on1. The number of aliphatic imine (C=N–C) groups is 1. The molecule has 3 aromatic rings. The number of hydrogen-bond acceptors (Lipinski definition) is 9. The molecule has 0 saturated carbocycles. The van der Waals surface area contributed by atoms with Gasteiger partial charge in [-0.25, -0.2) is 9.98 Å². The minimum Gasteiger partial charge on any atom is -0.861 e. The van der Waals surface area contributed by atoms with Crippen molar-refractivity contribution in [2.45, 2.75) is 10.9 Å². The van der Waals surface area contributed by atoms with Gasteiger partial charge in [-0.05, 0) is 34.8 Å². The number of aromatic nitrogens is 3. The van der Waals surface area contributed by atoms with E-state index in [0.29, 0.717) is 13.2 Å². The van der Waals surface area contributed by atoms with E-state index >= 15 is 0 Å². The van der Waals surface area contributed by atoms with E-state index in [4.69, 9.17) is 14.0 Å². The van der Waals surface area contributed by atoms with Gasteiger partial charge in [0.1, 0.15) is 12.4 Å². The van der Waals surface area contributed by atoms with Crippen LogP contribution in [0.4, 0.5) is 5.88 Å². The Kier molecular flexibility index (Phi) is 6.80. The Morgan fingerprint density at radius 1 is 1.33 bits per heavy atom. The van der Waals surface area contributed by atoms with Crippen molar-refractivity contribution in [1.29, 1.82) is 0 Å². The van der Waals surface area contributed by atoms with Crippen LogP contribution in [0.2, 0.25) is 0 Å². The van der Waals surface area contributed by atoms with Crippen LogP contribution in [0.3, 0.4) is 0 Å². The Bertz CT molecular complexity index is 892. The van der Waals surface area contributed by atoms with Gasteiger partial charge in [-0.1, -0.05) is 11.8 Å². The fourth-order valence-electron chi connectivity index (χ4n) is 2.10. The summed E-state index contributed by atoms with van der Waals surface area (Å²) in [4.78, 5) is 8.45. The van der Waals surface area contributed by atoms with Crippen LogP contribution in [-0.2, 0) is 11.3 Å². The summed E-state index contributed by atoms with van der Waals surface area (Å²) < 4.78 is 17.4. The van der Waals surface area contributed by atoms with Gasteiger partial charge in [0, 0.05) is 23.8 Å². The minimum absolute atomic E-state index is 0.175. The summed E-state index contributed by atoms with van der Waals surface area (Å²) in [6.45, 7) is 1.03. The normalized spacial score (nSPS) is 11.7. The van der Waals surface area contributed by atoms with E-state index in [9.17, 15) is 5.11 Å². The predicted octanol–water partition coefficient (Wildman–Crippen LogP) is 1.92. The molecule has 0 atom stereocenters. The molecular formula is C17H18N4O4S2. The second kappa shape index (κ2) is 9.49. The van der Waals surface area contributed by atoms with Gasteiger partial charge in [0.05, 0.1) is 12.8 Å². The maximum atomic E-state index is 12.0. The van der Waals surface area contributed by atoms with Crippen LogP contribution in [0.5, 0.6) is 5.75 Å². The van der Waals surface area contributed by atoms with Gasteiger partial charge in [-0.3, -0.25) is 4.52 Å². The predicted molar refractivity (Wildman–Crippen MR) is 100 cm³/mol. The molecule has 0 saturated heterocycles. The minimum atomic E-state index is -0.309. The standard InChI is InChI=1S/C17H18N4O4S2/c1-23-8-7-21-9-16(25-20-21)19-15(22)11-27-17-18-14(10-26-17)12-3-5-13(24-2)6-4-12/h3-6,9-10H,7-8,11H2,1-2H3. The average Bonchev–Trinajstić information content (AvgIpc) is 3.34. The van der Waals surface area contributed by atoms with E-state index in [-0.39, 0.29) is 17.5 Å². The second-order valence-corrected chi connectivity index (χ2v) is 7.40. The first-order chi connectivity index (χ1) is 13.2. The molecule has 27 heavy (non-hydrogen) atoms. The Balaban J connectivity index is 1.56. The lowest BCUT2D eigenvalue weighted by Gasteiger charge is -2.06. The van der Waals surface area contributed by atoms with E-state index in [2.05, 4.69) is 15.2 Å². The van der Waals surface area contributed by atoms with Crippen LogP contribution < -0.4 is 14.5 Å². The summed E-state index contributed by atoms with van der Waals surface area (Å²) in [5.74, 6) is 0.840. The van der Waals surface area contributed by atoms with Crippen molar-refractivity contribution in [2.75, 3.05) is 26.6 Å². The summed E-state index contributed by atoms with van der Waals surface area (Å²) in [6.07, 6.45) is 1.56. The van der Waals surface area contributed by atoms with Crippen molar-refractivity contribution < 1.29 is 23.8 Å². The highest BCUT2D eigenvalue weighted by Gasteiger charge is 2.10. The molecule has 0 radical (unpaired) electrons. The number of thioether (sulfide) groups is 1. The van der Waals surface area contributed by atoms with Crippen molar-refractivity contribution in [1.82, 2.24) is 10.3 Å². The summed E-state index contributed by atoms with van der Waals surface area (Å²) >= 11 is 2.83. The molecule has 142 valence electrons. The van der Waals surface area contributed by atoms with Crippen LogP contribution in [0, 0.1) is 0 Å². The number of rotatable bonds is 9. The molecule has 2 aromatic heterocycles. The van der Waals surface area contributed by atoms with Crippen LogP contribution >= 0.6 is 23.1 Å². The molecule has 1 aromatic carbocycles. The molecule has 8 nitrogen and oxygen atoms in total. The van der Waals surface area contributed by atoms with Crippen molar-refractivity contribution >= 4 is 34.9 Å². The number of ether oxygens (including phenoxy) is 2. The smallest absolute Gasteiger partial charge is 0.320 e. The highest BCUT2D eigenvalue weighted by molar-refractivity contribution is 8.01. The first-order valence-electron chi connectivity index (χ1n) is 8.00. The Hall–Kier alpha value is -2.43. The number of hydrogen-bond donors (Lipinski definition) is 0. The Morgan fingerprint density at radius 3 is 2.89 bits per heavy atom. The first-order valence-corrected chi connectivity index (χ1v) is 9.87. The van der Waals surface area contributed by atoms with E-state index in [1.807, 2.05) is 29.6 Å². The zero-order valence-electron chi connectivity index (χ0n) is 14.8. The third kappa shape index (κ3) is 5.52. The number of methoxy groups -OCH3 is 2. The lowest BCUT2D eigenvalue weighted by atomic mass is 10.2. The van der Waals surface area contributed by atoms with Gasteiger partial charge >= 0.3 is 5.88 Å². The molecular weight excluding hydrogens is 388 g/mol. The lowest BCUT2D eigenvalue weighted by Crippen LogP contribution is -2.36. The molecule has 0 fully saturated rings. The maximum absolute atomic E-state index is 12.0. The highest BCUT2D eigenvalue weighted by Crippen LogP contribution is 2.29. The quantitative estimate of drug-likeness (QED) is 0.232. The highest BCUT2D eigenvalue weighted by atomic mass is 32.2. The summed E-state index contributed by atoms with van der Waals surface area (Å²) in [5.41, 5.74) is 1.86. The average molecular weight is 406 g/mol. The topological polar surface area (TPSA) is 96.7 Å². The summed E-state index contributed by atoms with van der Waals surface area (Å²) in [6, 6.07) is 7.68. The van der Waals surface area contributed by atoms with Gasteiger partial charge in [-0.15, -0.1) is 11.3 Å². The van der Waals surface area contributed by atoms with Crippen molar-refractivity contribution in [2.24, 2.45) is 4.99 Å². The number of nitrogens with zero attached hydrogens (tertiary/aromatic N) is 4. The largest absolute Gasteiger partial charge is 0.861 e. The molecule has 2 heterocycles. The monoisotopic (exact) mass is 406 g/mol. The maximum Gasteiger partial charge on any atom is 0.320 e. The van der Waals surface area contributed by atoms with E-state index in [1.54, 1.807) is 20.4 Å². The van der Waals surface area contributed by atoms with Gasteiger partial charge in [0.2, 0.25) is 11.8 Å². The molecule has 0 amide bonds. The van der Waals surface area contributed by atoms with E-state index < -0.39 is 0 Å². The molecule has 10 heteroatoms. The Morgan fingerprint density at radius 2 is 2.15 bits per heavy atom. The lowest BCUT2D eigenvalue weighted by molar-refractivity contribution is -0.763. The molecule has 0 spiro atoms. The molecule has 0 aliphatic carbocycles. The number of benzene rings is 1. The fraction of sp³-hybridized carbons (Fsp3) is 0.294. The molecule has 0 N–H and O–H groups in total. The van der Waals surface area contributed by atoms with Gasteiger partial charge in [0.15, 0.2) is 4.34 Å². The molecule has 3 rings (SSSR count). The molecule has 0 aliphatic rings. The van der Waals surface area contributed by atoms with Crippen LogP contribution in [0.15, 0.2) is 49.7 Å². The molecule has 0 unspecified atom stereocenters.